The molecular weight excluding hydrogens is 172 g/mol. The average molecular weight is 190 g/mol. The van der Waals surface area contributed by atoms with Crippen LogP contribution in [-0.4, -0.2) is 14.1 Å². The smallest absolute Gasteiger partial charge is 0.0363 e. The van der Waals surface area contributed by atoms with E-state index >= 15 is 0 Å². The Morgan fingerprint density at radius 3 is 2.86 bits per heavy atom. The van der Waals surface area contributed by atoms with Crippen molar-refractivity contribution in [3.63, 3.8) is 0 Å². The SMILES string of the molecule is CN(C)c1ccc2c(c1)CCC[C@H]2N. The van der Waals surface area contributed by atoms with E-state index < -0.39 is 0 Å². The summed E-state index contributed by atoms with van der Waals surface area (Å²) in [5.41, 5.74) is 10.1. The fraction of sp³-hybridized carbons (Fsp3) is 0.500. The Balaban J connectivity index is 2.39. The molecular formula is C12H18N2. The van der Waals surface area contributed by atoms with Crippen molar-refractivity contribution in [2.45, 2.75) is 25.3 Å². The number of hydrogen-bond donors (Lipinski definition) is 1. The largest absolute Gasteiger partial charge is 0.378 e. The Morgan fingerprint density at radius 1 is 1.36 bits per heavy atom. The van der Waals surface area contributed by atoms with Gasteiger partial charge in [0, 0.05) is 25.8 Å². The van der Waals surface area contributed by atoms with Gasteiger partial charge in [0.05, 0.1) is 0 Å². The highest BCUT2D eigenvalue weighted by molar-refractivity contribution is 5.51. The zero-order chi connectivity index (χ0) is 10.1. The lowest BCUT2D eigenvalue weighted by molar-refractivity contribution is 0.570. The second-order valence-electron chi connectivity index (χ2n) is 4.28. The Bertz CT molecular complexity index is 331. The van der Waals surface area contributed by atoms with Crippen LogP contribution in [0.1, 0.15) is 30.0 Å². The van der Waals surface area contributed by atoms with E-state index in [1.807, 2.05) is 0 Å². The number of nitrogens with zero attached hydrogens (tertiary/aromatic N) is 1. The van der Waals surface area contributed by atoms with Gasteiger partial charge in [-0.3, -0.25) is 0 Å². The van der Waals surface area contributed by atoms with Crippen LogP contribution in [0.25, 0.3) is 0 Å². The van der Waals surface area contributed by atoms with E-state index in [0.29, 0.717) is 0 Å². The molecule has 0 saturated heterocycles. The van der Waals surface area contributed by atoms with Crippen LogP contribution in [0.15, 0.2) is 18.2 Å². The van der Waals surface area contributed by atoms with Gasteiger partial charge in [0.25, 0.3) is 0 Å². The Hall–Kier alpha value is -1.02. The first-order valence-corrected chi connectivity index (χ1v) is 5.24. The van der Waals surface area contributed by atoms with Gasteiger partial charge >= 0.3 is 0 Å². The van der Waals surface area contributed by atoms with Crippen molar-refractivity contribution in [1.29, 1.82) is 0 Å². The molecule has 1 aliphatic rings. The van der Waals surface area contributed by atoms with E-state index in [1.165, 1.54) is 29.7 Å². The maximum atomic E-state index is 6.06. The van der Waals surface area contributed by atoms with Gasteiger partial charge in [0.2, 0.25) is 0 Å². The van der Waals surface area contributed by atoms with Crippen LogP contribution < -0.4 is 10.6 Å². The molecule has 1 aromatic carbocycles. The lowest BCUT2D eigenvalue weighted by Crippen LogP contribution is -2.18. The Kier molecular flexibility index (Phi) is 2.46. The molecule has 0 amide bonds. The molecule has 0 saturated carbocycles. The van der Waals surface area contributed by atoms with Gasteiger partial charge in [-0.2, -0.15) is 0 Å². The highest BCUT2D eigenvalue weighted by atomic mass is 15.1. The van der Waals surface area contributed by atoms with E-state index in [4.69, 9.17) is 5.73 Å². The highest BCUT2D eigenvalue weighted by Crippen LogP contribution is 2.30. The van der Waals surface area contributed by atoms with E-state index in [1.54, 1.807) is 0 Å². The first kappa shape index (κ1) is 9.53. The molecule has 1 aromatic rings. The lowest BCUT2D eigenvalue weighted by atomic mass is 9.88. The molecule has 76 valence electrons. The van der Waals surface area contributed by atoms with Crippen LogP contribution in [0, 0.1) is 0 Å². The topological polar surface area (TPSA) is 29.3 Å². The minimum atomic E-state index is 0.259. The summed E-state index contributed by atoms with van der Waals surface area (Å²) in [7, 11) is 4.15. The fourth-order valence-corrected chi connectivity index (χ4v) is 2.12. The second kappa shape index (κ2) is 3.62. The minimum absolute atomic E-state index is 0.259. The van der Waals surface area contributed by atoms with Gasteiger partial charge in [0.1, 0.15) is 0 Å². The summed E-state index contributed by atoms with van der Waals surface area (Å²) in [4.78, 5) is 2.14. The third-order valence-electron chi connectivity index (χ3n) is 3.00. The van der Waals surface area contributed by atoms with Crippen LogP contribution in [0.3, 0.4) is 0 Å². The van der Waals surface area contributed by atoms with E-state index in [-0.39, 0.29) is 6.04 Å². The fourth-order valence-electron chi connectivity index (χ4n) is 2.12. The molecule has 2 nitrogen and oxygen atoms in total. The third-order valence-corrected chi connectivity index (χ3v) is 3.00. The van der Waals surface area contributed by atoms with Gasteiger partial charge < -0.3 is 10.6 Å². The van der Waals surface area contributed by atoms with Gasteiger partial charge in [-0.05, 0) is 42.5 Å². The molecule has 0 radical (unpaired) electrons. The summed E-state index contributed by atoms with van der Waals surface area (Å²) in [5, 5.41) is 0. The molecule has 0 aromatic heterocycles. The van der Waals surface area contributed by atoms with Crippen LogP contribution in [0.2, 0.25) is 0 Å². The number of hydrogen-bond acceptors (Lipinski definition) is 2. The lowest BCUT2D eigenvalue weighted by Gasteiger charge is -2.24. The van der Waals surface area contributed by atoms with E-state index in [2.05, 4.69) is 37.2 Å². The van der Waals surface area contributed by atoms with E-state index in [0.717, 1.165) is 6.42 Å². The average Bonchev–Trinajstić information content (AvgIpc) is 2.17. The van der Waals surface area contributed by atoms with Gasteiger partial charge in [0.15, 0.2) is 0 Å². The highest BCUT2D eigenvalue weighted by Gasteiger charge is 2.16. The molecule has 0 unspecified atom stereocenters. The Labute approximate surface area is 85.7 Å². The summed E-state index contributed by atoms with van der Waals surface area (Å²) >= 11 is 0. The maximum Gasteiger partial charge on any atom is 0.0363 e. The first-order valence-electron chi connectivity index (χ1n) is 5.24. The van der Waals surface area contributed by atoms with Gasteiger partial charge in [-0.25, -0.2) is 0 Å². The van der Waals surface area contributed by atoms with Crippen molar-refractivity contribution in [1.82, 2.24) is 0 Å². The second-order valence-corrected chi connectivity index (χ2v) is 4.28. The van der Waals surface area contributed by atoms with Crippen molar-refractivity contribution in [2.75, 3.05) is 19.0 Å². The molecule has 0 bridgehead atoms. The molecule has 0 fully saturated rings. The normalized spacial score (nSPS) is 20.4. The summed E-state index contributed by atoms with van der Waals surface area (Å²) in [5.74, 6) is 0. The zero-order valence-corrected chi connectivity index (χ0v) is 8.96. The quantitative estimate of drug-likeness (QED) is 0.734. The number of rotatable bonds is 1. The van der Waals surface area contributed by atoms with Gasteiger partial charge in [-0.1, -0.05) is 6.07 Å². The first-order chi connectivity index (χ1) is 6.68. The predicted octanol–water partition coefficient (Wildman–Crippen LogP) is 2.09. The molecule has 2 heteroatoms. The maximum absolute atomic E-state index is 6.06. The molecule has 1 aliphatic carbocycles. The number of anilines is 1. The van der Waals surface area contributed by atoms with Crippen molar-refractivity contribution in [3.05, 3.63) is 29.3 Å². The van der Waals surface area contributed by atoms with Crippen molar-refractivity contribution >= 4 is 5.69 Å². The summed E-state index contributed by atoms with van der Waals surface area (Å²) in [6, 6.07) is 6.88. The van der Waals surface area contributed by atoms with Crippen molar-refractivity contribution in [2.24, 2.45) is 5.73 Å². The number of fused-ring (bicyclic) bond motifs is 1. The molecule has 2 N–H and O–H groups in total. The standard InChI is InChI=1S/C12H18N2/c1-14(2)10-6-7-11-9(8-10)4-3-5-12(11)13/h6-8,12H,3-5,13H2,1-2H3/t12-/m1/s1. The molecule has 0 aliphatic heterocycles. The summed E-state index contributed by atoms with van der Waals surface area (Å²) in [6.07, 6.45) is 3.55. The van der Waals surface area contributed by atoms with Gasteiger partial charge in [-0.15, -0.1) is 0 Å². The molecule has 0 heterocycles. The van der Waals surface area contributed by atoms with Crippen LogP contribution in [0.5, 0.6) is 0 Å². The Morgan fingerprint density at radius 2 is 2.14 bits per heavy atom. The minimum Gasteiger partial charge on any atom is -0.378 e. The van der Waals surface area contributed by atoms with Crippen molar-refractivity contribution < 1.29 is 0 Å². The molecule has 2 rings (SSSR count). The van der Waals surface area contributed by atoms with Crippen LogP contribution >= 0.6 is 0 Å². The molecule has 0 spiro atoms. The number of benzene rings is 1. The number of nitrogens with two attached hydrogens (primary N) is 1. The number of aryl methyl sites for hydroxylation is 1. The molecule has 1 atom stereocenters. The van der Waals surface area contributed by atoms with Crippen LogP contribution in [0.4, 0.5) is 5.69 Å². The summed E-state index contributed by atoms with van der Waals surface area (Å²) < 4.78 is 0. The third kappa shape index (κ3) is 1.62. The molecule has 14 heavy (non-hydrogen) atoms. The zero-order valence-electron chi connectivity index (χ0n) is 8.96. The predicted molar refractivity (Wildman–Crippen MR) is 60.6 cm³/mol. The monoisotopic (exact) mass is 190 g/mol. The van der Waals surface area contributed by atoms with Crippen LogP contribution in [-0.2, 0) is 6.42 Å². The summed E-state index contributed by atoms with van der Waals surface area (Å²) in [6.45, 7) is 0. The van der Waals surface area contributed by atoms with Crippen molar-refractivity contribution in [3.8, 4) is 0 Å². The van der Waals surface area contributed by atoms with E-state index in [9.17, 15) is 0 Å².